The van der Waals surface area contributed by atoms with Gasteiger partial charge in [-0.2, -0.15) is 0 Å². The van der Waals surface area contributed by atoms with E-state index in [-0.39, 0.29) is 11.3 Å². The number of nitrogens with zero attached hydrogens (tertiary/aromatic N) is 1. The van der Waals surface area contributed by atoms with Gasteiger partial charge in [-0.3, -0.25) is 4.79 Å². The molecule has 1 N–H and O–H groups in total. The van der Waals surface area contributed by atoms with Gasteiger partial charge in [0.25, 0.3) is 5.91 Å². The van der Waals surface area contributed by atoms with Gasteiger partial charge in [-0.05, 0) is 44.5 Å². The normalized spacial score (nSPS) is 19.3. The van der Waals surface area contributed by atoms with Crippen LogP contribution in [0.5, 0.6) is 5.75 Å². The first kappa shape index (κ1) is 17.9. The van der Waals surface area contributed by atoms with Crippen molar-refractivity contribution in [2.45, 2.75) is 32.0 Å². The van der Waals surface area contributed by atoms with Crippen molar-refractivity contribution in [3.8, 4) is 5.75 Å². The van der Waals surface area contributed by atoms with Crippen LogP contribution in [0.2, 0.25) is 0 Å². The van der Waals surface area contributed by atoms with Crippen molar-refractivity contribution in [3.05, 3.63) is 59.7 Å². The third-order valence-corrected chi connectivity index (χ3v) is 4.11. The van der Waals surface area contributed by atoms with E-state index in [1.54, 1.807) is 69.3 Å². The Balaban J connectivity index is 2.18. The SMILES string of the molecule is COc1ccc2c(c1)C(O)(c1ccccc1)C(=O)N2C(=O)OC(C)(C)C. The summed E-state index contributed by atoms with van der Waals surface area (Å²) < 4.78 is 10.6. The number of anilines is 1. The molecule has 0 bridgehead atoms. The molecule has 0 spiro atoms. The third-order valence-electron chi connectivity index (χ3n) is 4.11. The minimum Gasteiger partial charge on any atom is -0.497 e. The largest absolute Gasteiger partial charge is 0.497 e. The first-order chi connectivity index (χ1) is 12.2. The molecule has 1 heterocycles. The second kappa shape index (κ2) is 6.14. The summed E-state index contributed by atoms with van der Waals surface area (Å²) in [5, 5.41) is 11.4. The summed E-state index contributed by atoms with van der Waals surface area (Å²) in [4.78, 5) is 26.7. The van der Waals surface area contributed by atoms with Crippen molar-refractivity contribution >= 4 is 17.7 Å². The molecule has 2 aromatic rings. The monoisotopic (exact) mass is 355 g/mol. The molecule has 2 amide bonds. The highest BCUT2D eigenvalue weighted by Gasteiger charge is 2.54. The van der Waals surface area contributed by atoms with Crippen LogP contribution in [0.4, 0.5) is 10.5 Å². The zero-order valence-corrected chi connectivity index (χ0v) is 15.1. The van der Waals surface area contributed by atoms with E-state index in [0.717, 1.165) is 4.90 Å². The number of carbonyl (C=O) groups is 2. The fourth-order valence-electron chi connectivity index (χ4n) is 2.96. The molecule has 1 aliphatic rings. The Labute approximate surface area is 152 Å². The molecule has 0 saturated heterocycles. The molecule has 1 atom stereocenters. The maximum absolute atomic E-state index is 13.1. The second-order valence-corrected chi connectivity index (χ2v) is 7.08. The fraction of sp³-hybridized carbons (Fsp3) is 0.300. The van der Waals surface area contributed by atoms with Gasteiger partial charge in [0.2, 0.25) is 0 Å². The molecule has 0 saturated carbocycles. The summed E-state index contributed by atoms with van der Waals surface area (Å²) in [5.41, 5.74) is -1.86. The molecule has 1 unspecified atom stereocenters. The molecule has 6 nitrogen and oxygen atoms in total. The standard InChI is InChI=1S/C20H21NO5/c1-19(2,3)26-18(23)21-16-11-10-14(25-4)12-15(16)20(24,17(21)22)13-8-6-5-7-9-13/h5-12,24H,1-4H3. The lowest BCUT2D eigenvalue weighted by Gasteiger charge is -2.25. The molecular weight excluding hydrogens is 334 g/mol. The summed E-state index contributed by atoms with van der Waals surface area (Å²) in [6, 6.07) is 13.2. The first-order valence-corrected chi connectivity index (χ1v) is 8.22. The Morgan fingerprint density at radius 3 is 2.35 bits per heavy atom. The molecule has 6 heteroatoms. The van der Waals surface area contributed by atoms with Gasteiger partial charge in [-0.15, -0.1) is 0 Å². The van der Waals surface area contributed by atoms with Crippen molar-refractivity contribution in [1.82, 2.24) is 0 Å². The van der Waals surface area contributed by atoms with E-state index >= 15 is 0 Å². The smallest absolute Gasteiger partial charge is 0.421 e. The minimum atomic E-state index is -2.00. The van der Waals surface area contributed by atoms with Crippen LogP contribution in [0.15, 0.2) is 48.5 Å². The lowest BCUT2D eigenvalue weighted by atomic mass is 9.87. The lowest BCUT2D eigenvalue weighted by Crippen LogP contribution is -2.45. The van der Waals surface area contributed by atoms with E-state index in [0.29, 0.717) is 11.3 Å². The van der Waals surface area contributed by atoms with Crippen molar-refractivity contribution < 1.29 is 24.2 Å². The molecule has 0 aliphatic carbocycles. The van der Waals surface area contributed by atoms with Crippen LogP contribution >= 0.6 is 0 Å². The maximum Gasteiger partial charge on any atom is 0.421 e. The predicted molar refractivity (Wildman–Crippen MR) is 96.2 cm³/mol. The number of methoxy groups -OCH3 is 1. The Bertz CT molecular complexity index is 856. The number of rotatable bonds is 2. The molecule has 0 aromatic heterocycles. The van der Waals surface area contributed by atoms with Crippen LogP contribution in [0.25, 0.3) is 0 Å². The molecule has 26 heavy (non-hydrogen) atoms. The topological polar surface area (TPSA) is 76.1 Å². The Kier molecular flexibility index (Phi) is 4.24. The lowest BCUT2D eigenvalue weighted by molar-refractivity contribution is -0.131. The number of hydrogen-bond acceptors (Lipinski definition) is 5. The van der Waals surface area contributed by atoms with Gasteiger partial charge in [0, 0.05) is 5.56 Å². The van der Waals surface area contributed by atoms with Crippen LogP contribution in [0, 0.1) is 0 Å². The quantitative estimate of drug-likeness (QED) is 0.895. The van der Waals surface area contributed by atoms with E-state index in [2.05, 4.69) is 0 Å². The number of carbonyl (C=O) groups excluding carboxylic acids is 2. The van der Waals surface area contributed by atoms with Crippen LogP contribution in [0.3, 0.4) is 0 Å². The van der Waals surface area contributed by atoms with Gasteiger partial charge >= 0.3 is 6.09 Å². The number of imide groups is 1. The van der Waals surface area contributed by atoms with Crippen molar-refractivity contribution in [2.24, 2.45) is 0 Å². The first-order valence-electron chi connectivity index (χ1n) is 8.22. The summed E-state index contributed by atoms with van der Waals surface area (Å²) in [6.45, 7) is 5.14. The van der Waals surface area contributed by atoms with Crippen molar-refractivity contribution in [2.75, 3.05) is 12.0 Å². The highest BCUT2D eigenvalue weighted by atomic mass is 16.6. The number of hydrogen-bond donors (Lipinski definition) is 1. The number of fused-ring (bicyclic) bond motifs is 1. The molecule has 3 rings (SSSR count). The van der Waals surface area contributed by atoms with Crippen molar-refractivity contribution in [3.63, 3.8) is 0 Å². The van der Waals surface area contributed by atoms with Crippen LogP contribution in [-0.4, -0.2) is 29.8 Å². The average Bonchev–Trinajstić information content (AvgIpc) is 2.82. The molecule has 0 fully saturated rings. The molecule has 136 valence electrons. The maximum atomic E-state index is 13.1. The van der Waals surface area contributed by atoms with E-state index in [9.17, 15) is 14.7 Å². The number of aliphatic hydroxyl groups is 1. The predicted octanol–water partition coefficient (Wildman–Crippen LogP) is 3.21. The molecule has 0 radical (unpaired) electrons. The average molecular weight is 355 g/mol. The summed E-state index contributed by atoms with van der Waals surface area (Å²) >= 11 is 0. The van der Waals surface area contributed by atoms with Gasteiger partial charge in [-0.25, -0.2) is 9.69 Å². The fourth-order valence-corrected chi connectivity index (χ4v) is 2.96. The van der Waals surface area contributed by atoms with E-state index in [1.165, 1.54) is 7.11 Å². The van der Waals surface area contributed by atoms with Gasteiger partial charge in [-0.1, -0.05) is 30.3 Å². The summed E-state index contributed by atoms with van der Waals surface area (Å²) in [5.74, 6) is -0.307. The van der Waals surface area contributed by atoms with Crippen molar-refractivity contribution in [1.29, 1.82) is 0 Å². The third kappa shape index (κ3) is 2.82. The zero-order valence-electron chi connectivity index (χ0n) is 15.1. The number of benzene rings is 2. The highest BCUT2D eigenvalue weighted by Crippen LogP contribution is 2.46. The molecular formula is C20H21NO5. The van der Waals surface area contributed by atoms with Crippen LogP contribution < -0.4 is 9.64 Å². The molecule has 1 aliphatic heterocycles. The van der Waals surface area contributed by atoms with E-state index in [4.69, 9.17) is 9.47 Å². The van der Waals surface area contributed by atoms with Gasteiger partial charge in [0.15, 0.2) is 5.60 Å². The Hall–Kier alpha value is -2.86. The van der Waals surface area contributed by atoms with Gasteiger partial charge < -0.3 is 14.6 Å². The minimum absolute atomic E-state index is 0.274. The Morgan fingerprint density at radius 1 is 1.12 bits per heavy atom. The number of amides is 2. The highest BCUT2D eigenvalue weighted by molar-refractivity contribution is 6.21. The van der Waals surface area contributed by atoms with Gasteiger partial charge in [0.1, 0.15) is 11.4 Å². The van der Waals surface area contributed by atoms with E-state index < -0.39 is 23.2 Å². The summed E-state index contributed by atoms with van der Waals surface area (Å²) in [7, 11) is 1.49. The Morgan fingerprint density at radius 2 is 1.77 bits per heavy atom. The van der Waals surface area contributed by atoms with Gasteiger partial charge in [0.05, 0.1) is 12.8 Å². The zero-order chi connectivity index (χ0) is 19.1. The van der Waals surface area contributed by atoms with Crippen LogP contribution in [-0.2, 0) is 15.1 Å². The number of ether oxygens (including phenoxy) is 2. The second-order valence-electron chi connectivity index (χ2n) is 7.08. The summed E-state index contributed by atoms with van der Waals surface area (Å²) in [6.07, 6.45) is -0.833. The van der Waals surface area contributed by atoms with Crippen LogP contribution in [0.1, 0.15) is 31.9 Å². The molecule has 2 aromatic carbocycles. The van der Waals surface area contributed by atoms with E-state index in [1.807, 2.05) is 0 Å².